The number of carbonyl (C=O) groups is 2. The highest BCUT2D eigenvalue weighted by atomic mass is 35.5. The van der Waals surface area contributed by atoms with Crippen LogP contribution in [0.4, 0.5) is 5.69 Å². The molecule has 1 heterocycles. The van der Waals surface area contributed by atoms with E-state index in [2.05, 4.69) is 10.3 Å². The Kier molecular flexibility index (Phi) is 6.57. The first-order chi connectivity index (χ1) is 16.0. The van der Waals surface area contributed by atoms with Crippen LogP contribution in [0.3, 0.4) is 0 Å². The van der Waals surface area contributed by atoms with Crippen molar-refractivity contribution in [1.29, 1.82) is 0 Å². The Hall–Kier alpha value is -3.89. The normalized spacial score (nSPS) is 11.8. The van der Waals surface area contributed by atoms with Crippen LogP contribution >= 0.6 is 11.6 Å². The zero-order valence-corrected chi connectivity index (χ0v) is 19.1. The van der Waals surface area contributed by atoms with Crippen LogP contribution in [-0.2, 0) is 4.79 Å². The lowest BCUT2D eigenvalue weighted by atomic mass is 9.96. The van der Waals surface area contributed by atoms with E-state index < -0.39 is 0 Å². The third-order valence-electron chi connectivity index (χ3n) is 5.35. The Morgan fingerprint density at radius 3 is 2.39 bits per heavy atom. The van der Waals surface area contributed by atoms with Gasteiger partial charge in [0.1, 0.15) is 0 Å². The van der Waals surface area contributed by atoms with Gasteiger partial charge in [0.05, 0.1) is 16.4 Å². The fourth-order valence-electron chi connectivity index (χ4n) is 3.77. The van der Waals surface area contributed by atoms with Gasteiger partial charge in [-0.2, -0.15) is 0 Å². The zero-order chi connectivity index (χ0) is 23.4. The molecule has 0 saturated carbocycles. The van der Waals surface area contributed by atoms with E-state index in [0.717, 1.165) is 27.7 Å². The van der Waals surface area contributed by atoms with E-state index in [-0.39, 0.29) is 11.7 Å². The van der Waals surface area contributed by atoms with Crippen LogP contribution in [0.15, 0.2) is 91.0 Å². The van der Waals surface area contributed by atoms with Gasteiger partial charge in [-0.05, 0) is 55.8 Å². The molecule has 0 unspecified atom stereocenters. The molecule has 0 spiro atoms. The number of hydrogen-bond donors (Lipinski definition) is 2. The summed E-state index contributed by atoms with van der Waals surface area (Å²) >= 11 is 6.20. The van der Waals surface area contributed by atoms with Gasteiger partial charge >= 0.3 is 0 Å². The summed E-state index contributed by atoms with van der Waals surface area (Å²) < 4.78 is 0. The van der Waals surface area contributed by atoms with Crippen LogP contribution in [0.25, 0.3) is 27.6 Å². The lowest BCUT2D eigenvalue weighted by Gasteiger charge is -2.09. The predicted octanol–water partition coefficient (Wildman–Crippen LogP) is 7.29. The Labute approximate surface area is 197 Å². The molecule has 0 aliphatic heterocycles. The average Bonchev–Trinajstić information content (AvgIpc) is 3.19. The smallest absolute Gasteiger partial charge is 0.255 e. The molecule has 0 saturated heterocycles. The number of halogens is 1. The van der Waals surface area contributed by atoms with Crippen molar-refractivity contribution >= 4 is 45.5 Å². The first kappa shape index (κ1) is 22.3. The Morgan fingerprint density at radius 1 is 0.970 bits per heavy atom. The maximum atomic E-state index is 13.0. The number of anilines is 1. The van der Waals surface area contributed by atoms with Crippen LogP contribution in [0.1, 0.15) is 29.9 Å². The number of aromatic nitrogens is 1. The monoisotopic (exact) mass is 454 g/mol. The van der Waals surface area contributed by atoms with E-state index in [1.54, 1.807) is 25.1 Å². The number of carbonyl (C=O) groups excluding carboxylic acids is 2. The SMILES string of the molecule is C/C=C\C=C(/C(C)=O)c1[nH]c2ccc(C(=O)Nc3ccccc3Cl)cc2c1-c1ccccc1. The number of benzene rings is 3. The number of Topliss-reactive ketones (excluding diaryl/α,β-unsaturated/α-hetero) is 1. The number of allylic oxidation sites excluding steroid dienone is 4. The van der Waals surface area contributed by atoms with E-state index in [1.165, 1.54) is 0 Å². The van der Waals surface area contributed by atoms with Gasteiger partial charge in [-0.1, -0.05) is 66.2 Å². The summed E-state index contributed by atoms with van der Waals surface area (Å²) in [6, 6.07) is 22.4. The van der Waals surface area contributed by atoms with E-state index in [1.807, 2.05) is 79.7 Å². The second-order valence-electron chi connectivity index (χ2n) is 7.60. The average molecular weight is 455 g/mol. The number of ketones is 1. The van der Waals surface area contributed by atoms with Gasteiger partial charge in [-0.15, -0.1) is 0 Å². The summed E-state index contributed by atoms with van der Waals surface area (Å²) in [5.74, 6) is -0.309. The van der Waals surface area contributed by atoms with Crippen molar-refractivity contribution in [3.8, 4) is 11.1 Å². The fourth-order valence-corrected chi connectivity index (χ4v) is 3.95. The van der Waals surface area contributed by atoms with Crippen LogP contribution in [0.5, 0.6) is 0 Å². The summed E-state index contributed by atoms with van der Waals surface area (Å²) in [4.78, 5) is 28.9. The second kappa shape index (κ2) is 9.72. The molecule has 4 rings (SSSR count). The van der Waals surface area contributed by atoms with Gasteiger partial charge in [0, 0.05) is 27.6 Å². The topological polar surface area (TPSA) is 62.0 Å². The molecule has 3 aromatic carbocycles. The van der Waals surface area contributed by atoms with E-state index in [9.17, 15) is 9.59 Å². The minimum atomic E-state index is -0.261. The molecular formula is C28H23ClN2O2. The number of fused-ring (bicyclic) bond motifs is 1. The van der Waals surface area contributed by atoms with Crippen molar-refractivity contribution in [1.82, 2.24) is 4.98 Å². The Balaban J connectivity index is 1.88. The van der Waals surface area contributed by atoms with Crippen molar-refractivity contribution in [2.24, 2.45) is 0 Å². The highest BCUT2D eigenvalue weighted by Crippen LogP contribution is 2.37. The van der Waals surface area contributed by atoms with Crippen molar-refractivity contribution < 1.29 is 9.59 Å². The van der Waals surface area contributed by atoms with Gasteiger partial charge in [-0.25, -0.2) is 0 Å². The van der Waals surface area contributed by atoms with Crippen molar-refractivity contribution in [3.63, 3.8) is 0 Å². The number of nitrogens with one attached hydrogen (secondary N) is 2. The molecule has 0 bridgehead atoms. The predicted molar refractivity (Wildman–Crippen MR) is 137 cm³/mol. The highest BCUT2D eigenvalue weighted by Gasteiger charge is 2.20. The number of H-pyrrole nitrogens is 1. The first-order valence-corrected chi connectivity index (χ1v) is 11.0. The van der Waals surface area contributed by atoms with E-state index >= 15 is 0 Å². The Bertz CT molecular complexity index is 1400. The van der Waals surface area contributed by atoms with Crippen LogP contribution in [0.2, 0.25) is 5.02 Å². The molecule has 33 heavy (non-hydrogen) atoms. The molecule has 0 atom stereocenters. The van der Waals surface area contributed by atoms with E-state index in [0.29, 0.717) is 21.8 Å². The van der Waals surface area contributed by atoms with Gasteiger partial charge in [0.25, 0.3) is 5.91 Å². The third kappa shape index (κ3) is 4.66. The molecule has 1 aromatic heterocycles. The van der Waals surface area contributed by atoms with Gasteiger partial charge in [0.2, 0.25) is 0 Å². The van der Waals surface area contributed by atoms with Crippen molar-refractivity contribution in [2.45, 2.75) is 13.8 Å². The summed E-state index contributed by atoms with van der Waals surface area (Å²) in [6.07, 6.45) is 5.54. The first-order valence-electron chi connectivity index (χ1n) is 10.6. The second-order valence-corrected chi connectivity index (χ2v) is 8.00. The minimum absolute atomic E-state index is 0.0477. The standard InChI is InChI=1S/C28H23ClN2O2/c1-3-4-12-21(18(2)32)27-26(19-10-6-5-7-11-19)22-17-20(15-16-24(22)30-27)28(33)31-25-14-9-8-13-23(25)29/h3-17,30H,1-2H3,(H,31,33)/b4-3-,21-12+. The van der Waals surface area contributed by atoms with Gasteiger partial charge in [0.15, 0.2) is 5.78 Å². The molecule has 4 aromatic rings. The lowest BCUT2D eigenvalue weighted by Crippen LogP contribution is -2.12. The molecule has 0 aliphatic carbocycles. The summed E-state index contributed by atoms with van der Waals surface area (Å²) in [5, 5.41) is 4.20. The molecule has 0 radical (unpaired) electrons. The quantitative estimate of drug-likeness (QED) is 0.237. The third-order valence-corrected chi connectivity index (χ3v) is 5.68. The molecule has 1 amide bonds. The highest BCUT2D eigenvalue weighted by molar-refractivity contribution is 6.34. The molecular weight excluding hydrogens is 432 g/mol. The number of hydrogen-bond acceptors (Lipinski definition) is 2. The van der Waals surface area contributed by atoms with Crippen molar-refractivity contribution in [2.75, 3.05) is 5.32 Å². The maximum Gasteiger partial charge on any atom is 0.255 e. The number of aromatic amines is 1. The fraction of sp³-hybridized carbons (Fsp3) is 0.0714. The van der Waals surface area contributed by atoms with Crippen LogP contribution < -0.4 is 5.32 Å². The van der Waals surface area contributed by atoms with Crippen LogP contribution in [-0.4, -0.2) is 16.7 Å². The summed E-state index contributed by atoms with van der Waals surface area (Å²) in [5.41, 5.74) is 5.02. The number of para-hydroxylation sites is 1. The molecule has 164 valence electrons. The maximum absolute atomic E-state index is 13.0. The minimum Gasteiger partial charge on any atom is -0.354 e. The molecule has 2 N–H and O–H groups in total. The number of rotatable bonds is 6. The lowest BCUT2D eigenvalue weighted by molar-refractivity contribution is -0.111. The van der Waals surface area contributed by atoms with Crippen molar-refractivity contribution in [3.05, 3.63) is 107 Å². The van der Waals surface area contributed by atoms with Gasteiger partial charge in [-0.3, -0.25) is 9.59 Å². The Morgan fingerprint density at radius 2 is 1.70 bits per heavy atom. The molecule has 0 aliphatic rings. The zero-order valence-electron chi connectivity index (χ0n) is 18.4. The number of amides is 1. The molecule has 4 nitrogen and oxygen atoms in total. The summed E-state index contributed by atoms with van der Waals surface area (Å²) in [7, 11) is 0. The molecule has 5 heteroatoms. The van der Waals surface area contributed by atoms with Crippen LogP contribution in [0, 0.1) is 0 Å². The van der Waals surface area contributed by atoms with E-state index in [4.69, 9.17) is 11.6 Å². The van der Waals surface area contributed by atoms with Gasteiger partial charge < -0.3 is 10.3 Å². The summed E-state index contributed by atoms with van der Waals surface area (Å²) in [6.45, 7) is 3.46. The largest absolute Gasteiger partial charge is 0.354 e. The molecule has 0 fully saturated rings.